The van der Waals surface area contributed by atoms with Crippen molar-refractivity contribution in [2.24, 2.45) is 5.92 Å². The standard InChI is InChI=1S/C14H21NO4S/c1-11-2-3-14(8-13(11)9-16)20(17,18)15-6-4-12-5-7-19-10-12/h2-3,8,12,15-16H,4-7,9-10H2,1H3. The molecule has 5 nitrogen and oxygen atoms in total. The zero-order valence-electron chi connectivity index (χ0n) is 11.6. The fourth-order valence-corrected chi connectivity index (χ4v) is 3.37. The average molecular weight is 299 g/mol. The first-order chi connectivity index (χ1) is 9.53. The molecule has 0 amide bonds. The fraction of sp³-hybridized carbons (Fsp3) is 0.571. The van der Waals surface area contributed by atoms with Crippen LogP contribution in [0, 0.1) is 12.8 Å². The first-order valence-electron chi connectivity index (χ1n) is 6.81. The number of nitrogens with one attached hydrogen (secondary N) is 1. The van der Waals surface area contributed by atoms with Crippen LogP contribution >= 0.6 is 0 Å². The molecule has 1 heterocycles. The second-order valence-electron chi connectivity index (χ2n) is 5.16. The van der Waals surface area contributed by atoms with Crippen molar-refractivity contribution in [1.29, 1.82) is 0 Å². The van der Waals surface area contributed by atoms with E-state index < -0.39 is 10.0 Å². The highest BCUT2D eigenvalue weighted by Crippen LogP contribution is 2.17. The van der Waals surface area contributed by atoms with Gasteiger partial charge in [-0.15, -0.1) is 0 Å². The summed E-state index contributed by atoms with van der Waals surface area (Å²) < 4.78 is 32.2. The number of aliphatic hydroxyl groups excluding tert-OH is 1. The van der Waals surface area contributed by atoms with E-state index in [1.807, 2.05) is 6.92 Å². The molecule has 0 saturated carbocycles. The SMILES string of the molecule is Cc1ccc(S(=O)(=O)NCCC2CCOC2)cc1CO. The van der Waals surface area contributed by atoms with Crippen molar-refractivity contribution in [2.75, 3.05) is 19.8 Å². The van der Waals surface area contributed by atoms with E-state index in [9.17, 15) is 13.5 Å². The zero-order valence-corrected chi connectivity index (χ0v) is 12.4. The number of hydrogen-bond donors (Lipinski definition) is 2. The maximum atomic E-state index is 12.2. The second-order valence-corrected chi connectivity index (χ2v) is 6.93. The molecule has 6 heteroatoms. The summed E-state index contributed by atoms with van der Waals surface area (Å²) in [5.74, 6) is 0.448. The first-order valence-corrected chi connectivity index (χ1v) is 8.29. The highest BCUT2D eigenvalue weighted by molar-refractivity contribution is 7.89. The lowest BCUT2D eigenvalue weighted by Gasteiger charge is -2.11. The topological polar surface area (TPSA) is 75.6 Å². The number of aliphatic hydroxyl groups is 1. The Bertz CT molecular complexity index is 550. The molecule has 0 aliphatic carbocycles. The molecule has 1 fully saturated rings. The van der Waals surface area contributed by atoms with Crippen molar-refractivity contribution in [3.8, 4) is 0 Å². The molecule has 1 aliphatic heterocycles. The van der Waals surface area contributed by atoms with Crippen LogP contribution in [0.15, 0.2) is 23.1 Å². The molecule has 0 bridgehead atoms. The Hall–Kier alpha value is -0.950. The van der Waals surface area contributed by atoms with E-state index in [2.05, 4.69) is 4.72 Å². The highest BCUT2D eigenvalue weighted by atomic mass is 32.2. The summed E-state index contributed by atoms with van der Waals surface area (Å²) >= 11 is 0. The number of rotatable bonds is 6. The number of ether oxygens (including phenoxy) is 1. The minimum Gasteiger partial charge on any atom is -0.392 e. The first kappa shape index (κ1) is 15.4. The molecule has 2 rings (SSSR count). The van der Waals surface area contributed by atoms with Gasteiger partial charge < -0.3 is 9.84 Å². The van der Waals surface area contributed by atoms with Crippen LogP contribution in [-0.2, 0) is 21.4 Å². The van der Waals surface area contributed by atoms with Crippen molar-refractivity contribution in [1.82, 2.24) is 4.72 Å². The minimum absolute atomic E-state index is 0.158. The number of aryl methyl sites for hydroxylation is 1. The summed E-state index contributed by atoms with van der Waals surface area (Å²) in [6.07, 6.45) is 1.79. The number of sulfonamides is 1. The van der Waals surface area contributed by atoms with Gasteiger partial charge in [0.15, 0.2) is 0 Å². The van der Waals surface area contributed by atoms with Gasteiger partial charge in [0.1, 0.15) is 0 Å². The van der Waals surface area contributed by atoms with Gasteiger partial charge in [0.2, 0.25) is 10.0 Å². The normalized spacial score (nSPS) is 19.4. The summed E-state index contributed by atoms with van der Waals surface area (Å²) in [6.45, 7) is 3.60. The van der Waals surface area contributed by atoms with E-state index in [0.717, 1.165) is 31.6 Å². The monoisotopic (exact) mass is 299 g/mol. The minimum atomic E-state index is -3.50. The average Bonchev–Trinajstić information content (AvgIpc) is 2.92. The van der Waals surface area contributed by atoms with E-state index in [4.69, 9.17) is 4.74 Å². The molecular weight excluding hydrogens is 278 g/mol. The highest BCUT2D eigenvalue weighted by Gasteiger charge is 2.18. The van der Waals surface area contributed by atoms with Crippen LogP contribution in [0.3, 0.4) is 0 Å². The Labute approximate surface area is 120 Å². The van der Waals surface area contributed by atoms with Crippen LogP contribution in [0.5, 0.6) is 0 Å². The van der Waals surface area contributed by atoms with Crippen molar-refractivity contribution >= 4 is 10.0 Å². The fourth-order valence-electron chi connectivity index (χ4n) is 2.28. The van der Waals surface area contributed by atoms with Crippen LogP contribution in [0.1, 0.15) is 24.0 Å². The zero-order chi connectivity index (χ0) is 14.6. The molecule has 1 saturated heterocycles. The van der Waals surface area contributed by atoms with E-state index in [0.29, 0.717) is 18.0 Å². The molecule has 1 aromatic rings. The predicted molar refractivity (Wildman–Crippen MR) is 75.8 cm³/mol. The van der Waals surface area contributed by atoms with Gasteiger partial charge in [0.05, 0.1) is 11.5 Å². The van der Waals surface area contributed by atoms with E-state index >= 15 is 0 Å². The summed E-state index contributed by atoms with van der Waals surface area (Å²) in [5.41, 5.74) is 1.52. The Morgan fingerprint density at radius 3 is 2.90 bits per heavy atom. The third kappa shape index (κ3) is 3.79. The number of hydrogen-bond acceptors (Lipinski definition) is 4. The van der Waals surface area contributed by atoms with Gasteiger partial charge in [-0.25, -0.2) is 13.1 Å². The molecule has 0 spiro atoms. The summed E-state index contributed by atoms with van der Waals surface area (Å²) in [6, 6.07) is 4.80. The summed E-state index contributed by atoms with van der Waals surface area (Å²) in [5, 5.41) is 9.20. The third-order valence-electron chi connectivity index (χ3n) is 3.67. The molecule has 1 unspecified atom stereocenters. The van der Waals surface area contributed by atoms with Gasteiger partial charge in [0, 0.05) is 19.8 Å². The largest absolute Gasteiger partial charge is 0.392 e. The van der Waals surface area contributed by atoms with Gasteiger partial charge >= 0.3 is 0 Å². The Morgan fingerprint density at radius 2 is 2.25 bits per heavy atom. The summed E-state index contributed by atoms with van der Waals surface area (Å²) in [7, 11) is -3.50. The van der Waals surface area contributed by atoms with Crippen LogP contribution in [-0.4, -0.2) is 33.3 Å². The molecule has 1 aromatic carbocycles. The van der Waals surface area contributed by atoms with Crippen LogP contribution in [0.25, 0.3) is 0 Å². The molecule has 0 aromatic heterocycles. The van der Waals surface area contributed by atoms with E-state index in [1.54, 1.807) is 12.1 Å². The predicted octanol–water partition coefficient (Wildman–Crippen LogP) is 1.19. The van der Waals surface area contributed by atoms with Crippen molar-refractivity contribution < 1.29 is 18.3 Å². The lowest BCUT2D eigenvalue weighted by Crippen LogP contribution is -2.26. The third-order valence-corrected chi connectivity index (χ3v) is 5.13. The van der Waals surface area contributed by atoms with E-state index in [-0.39, 0.29) is 11.5 Å². The molecule has 1 atom stereocenters. The van der Waals surface area contributed by atoms with Gasteiger partial charge in [-0.05, 0) is 48.9 Å². The smallest absolute Gasteiger partial charge is 0.240 e. The van der Waals surface area contributed by atoms with Gasteiger partial charge in [-0.2, -0.15) is 0 Å². The lowest BCUT2D eigenvalue weighted by atomic mass is 10.1. The van der Waals surface area contributed by atoms with Gasteiger partial charge in [0.25, 0.3) is 0 Å². The Morgan fingerprint density at radius 1 is 1.45 bits per heavy atom. The molecule has 0 radical (unpaired) electrons. The molecule has 1 aliphatic rings. The quantitative estimate of drug-likeness (QED) is 0.827. The van der Waals surface area contributed by atoms with Crippen LogP contribution in [0.2, 0.25) is 0 Å². The van der Waals surface area contributed by atoms with Gasteiger partial charge in [-0.1, -0.05) is 6.07 Å². The summed E-state index contributed by atoms with van der Waals surface area (Å²) in [4.78, 5) is 0.204. The number of benzene rings is 1. The molecule has 112 valence electrons. The van der Waals surface area contributed by atoms with Crippen molar-refractivity contribution in [3.63, 3.8) is 0 Å². The molecular formula is C14H21NO4S. The van der Waals surface area contributed by atoms with Gasteiger partial charge in [-0.3, -0.25) is 0 Å². The van der Waals surface area contributed by atoms with E-state index in [1.165, 1.54) is 6.07 Å². The van der Waals surface area contributed by atoms with Crippen LogP contribution in [0.4, 0.5) is 0 Å². The van der Waals surface area contributed by atoms with Crippen LogP contribution < -0.4 is 4.72 Å². The lowest BCUT2D eigenvalue weighted by molar-refractivity contribution is 0.184. The second kappa shape index (κ2) is 6.67. The maximum Gasteiger partial charge on any atom is 0.240 e. The van der Waals surface area contributed by atoms with Crippen molar-refractivity contribution in [2.45, 2.75) is 31.3 Å². The maximum absolute atomic E-state index is 12.2. The Kier molecular flexibility index (Phi) is 5.15. The van der Waals surface area contributed by atoms with Crippen molar-refractivity contribution in [3.05, 3.63) is 29.3 Å². The molecule has 2 N–H and O–H groups in total. The molecule has 20 heavy (non-hydrogen) atoms. The Balaban J connectivity index is 1.98.